The van der Waals surface area contributed by atoms with Crippen molar-refractivity contribution in [3.8, 4) is 11.8 Å². The van der Waals surface area contributed by atoms with Crippen molar-refractivity contribution in [1.82, 2.24) is 10.3 Å². The molecule has 108 valence electrons. The molecular weight excluding hydrogens is 273 g/mol. The second-order valence-electron chi connectivity index (χ2n) is 4.25. The molecule has 0 spiro atoms. The van der Waals surface area contributed by atoms with Gasteiger partial charge in [-0.1, -0.05) is 11.8 Å². The van der Waals surface area contributed by atoms with E-state index in [4.69, 9.17) is 10.2 Å². The largest absolute Gasteiger partial charge is 0.444 e. The molecule has 0 aliphatic heterocycles. The predicted octanol–water partition coefficient (Wildman–Crippen LogP) is 1.36. The number of oxazole rings is 1. The number of nitrogens with one attached hydrogen (secondary N) is 1. The smallest absolute Gasteiger partial charge is 0.251 e. The Morgan fingerprint density at radius 1 is 1.52 bits per heavy atom. The Morgan fingerprint density at radius 3 is 2.95 bits per heavy atom. The number of aryl methyl sites for hydroxylation is 1. The van der Waals surface area contributed by atoms with Crippen molar-refractivity contribution in [2.24, 2.45) is 5.73 Å². The number of aromatic nitrogens is 1. The average molecular weight is 287 g/mol. The number of rotatable bonds is 3. The van der Waals surface area contributed by atoms with Crippen LogP contribution < -0.4 is 11.1 Å². The molecule has 0 atom stereocenters. The van der Waals surface area contributed by atoms with Crippen molar-refractivity contribution >= 4 is 5.91 Å². The maximum absolute atomic E-state index is 13.7. The van der Waals surface area contributed by atoms with Crippen LogP contribution in [0, 0.1) is 24.6 Å². The Hall–Kier alpha value is -2.65. The van der Waals surface area contributed by atoms with Crippen LogP contribution >= 0.6 is 0 Å². The number of hydrogen-bond donors (Lipinski definition) is 2. The van der Waals surface area contributed by atoms with Crippen LogP contribution in [-0.4, -0.2) is 17.4 Å². The summed E-state index contributed by atoms with van der Waals surface area (Å²) in [5.41, 5.74) is 5.64. The summed E-state index contributed by atoms with van der Waals surface area (Å²) < 4.78 is 19.0. The van der Waals surface area contributed by atoms with E-state index in [0.717, 1.165) is 6.07 Å². The van der Waals surface area contributed by atoms with Gasteiger partial charge in [-0.3, -0.25) is 4.79 Å². The number of nitrogens with two attached hydrogens (primary N) is 1. The minimum absolute atomic E-state index is 0.142. The zero-order valence-electron chi connectivity index (χ0n) is 11.4. The van der Waals surface area contributed by atoms with Gasteiger partial charge in [0.05, 0.1) is 24.8 Å². The van der Waals surface area contributed by atoms with Crippen LogP contribution in [0.25, 0.3) is 0 Å². The molecule has 1 aromatic heterocycles. The van der Waals surface area contributed by atoms with E-state index < -0.39 is 11.7 Å². The fourth-order valence-electron chi connectivity index (χ4n) is 1.65. The highest BCUT2D eigenvalue weighted by molar-refractivity contribution is 5.94. The van der Waals surface area contributed by atoms with Gasteiger partial charge in [0.1, 0.15) is 11.6 Å². The molecule has 2 aromatic rings. The Balaban J connectivity index is 2.04. The van der Waals surface area contributed by atoms with Crippen LogP contribution in [0.4, 0.5) is 4.39 Å². The van der Waals surface area contributed by atoms with Gasteiger partial charge in [0.15, 0.2) is 0 Å². The quantitative estimate of drug-likeness (QED) is 0.835. The molecule has 21 heavy (non-hydrogen) atoms. The number of amides is 1. The van der Waals surface area contributed by atoms with Crippen molar-refractivity contribution in [3.05, 3.63) is 53.0 Å². The first-order valence-electron chi connectivity index (χ1n) is 6.28. The summed E-state index contributed by atoms with van der Waals surface area (Å²) in [4.78, 5) is 15.9. The van der Waals surface area contributed by atoms with E-state index in [1.165, 1.54) is 12.1 Å². The molecule has 6 heteroatoms. The lowest BCUT2D eigenvalue weighted by Crippen LogP contribution is -2.23. The van der Waals surface area contributed by atoms with Crippen LogP contribution in [0.5, 0.6) is 0 Å². The minimum atomic E-state index is -0.560. The lowest BCUT2D eigenvalue weighted by atomic mass is 10.1. The maximum Gasteiger partial charge on any atom is 0.251 e. The predicted molar refractivity (Wildman–Crippen MR) is 74.7 cm³/mol. The first-order valence-corrected chi connectivity index (χ1v) is 6.28. The molecular formula is C15H14FN3O2. The van der Waals surface area contributed by atoms with Gasteiger partial charge in [0.2, 0.25) is 5.89 Å². The molecule has 0 radical (unpaired) electrons. The molecule has 5 nitrogen and oxygen atoms in total. The fraction of sp³-hybridized carbons (Fsp3) is 0.200. The lowest BCUT2D eigenvalue weighted by molar-refractivity contribution is 0.0946. The van der Waals surface area contributed by atoms with Crippen LogP contribution in [0.15, 0.2) is 28.8 Å². The van der Waals surface area contributed by atoms with Crippen LogP contribution in [0.1, 0.15) is 27.6 Å². The van der Waals surface area contributed by atoms with Gasteiger partial charge < -0.3 is 15.5 Å². The second kappa shape index (κ2) is 6.68. The number of nitrogens with zero attached hydrogens (tertiary/aromatic N) is 1. The lowest BCUT2D eigenvalue weighted by Gasteiger charge is -2.04. The van der Waals surface area contributed by atoms with Crippen LogP contribution in [0.2, 0.25) is 0 Å². The summed E-state index contributed by atoms with van der Waals surface area (Å²) in [5, 5.41) is 2.60. The Morgan fingerprint density at radius 2 is 2.33 bits per heavy atom. The first-order chi connectivity index (χ1) is 10.1. The number of carbonyl (C=O) groups excluding carboxylic acids is 1. The van der Waals surface area contributed by atoms with Crippen molar-refractivity contribution in [3.63, 3.8) is 0 Å². The van der Waals surface area contributed by atoms with E-state index in [1.54, 1.807) is 13.1 Å². The van der Waals surface area contributed by atoms with E-state index >= 15 is 0 Å². The fourth-order valence-corrected chi connectivity index (χ4v) is 1.65. The summed E-state index contributed by atoms with van der Waals surface area (Å²) >= 11 is 0. The summed E-state index contributed by atoms with van der Waals surface area (Å²) in [7, 11) is 0. The Kier molecular flexibility index (Phi) is 4.69. The molecule has 1 amide bonds. The van der Waals surface area contributed by atoms with E-state index in [9.17, 15) is 9.18 Å². The van der Waals surface area contributed by atoms with Crippen LogP contribution in [0.3, 0.4) is 0 Å². The van der Waals surface area contributed by atoms with Gasteiger partial charge in [0, 0.05) is 5.56 Å². The summed E-state index contributed by atoms with van der Waals surface area (Å²) in [6.45, 7) is 2.05. The standard InChI is InChI=1S/C15H14FN3O2/c1-10-8-18-14(21-10)9-19-15(20)12-5-4-11(3-2-6-17)13(16)7-12/h4-5,7-8H,6,9,17H2,1H3,(H,19,20). The minimum Gasteiger partial charge on any atom is -0.444 e. The molecule has 3 N–H and O–H groups in total. The highest BCUT2D eigenvalue weighted by Gasteiger charge is 2.10. The van der Waals surface area contributed by atoms with Gasteiger partial charge >= 0.3 is 0 Å². The molecule has 0 unspecified atom stereocenters. The molecule has 2 rings (SSSR count). The second-order valence-corrected chi connectivity index (χ2v) is 4.25. The Bertz CT molecular complexity index is 713. The first kappa shape index (κ1) is 14.8. The maximum atomic E-state index is 13.7. The van der Waals surface area contributed by atoms with E-state index in [-0.39, 0.29) is 24.2 Å². The molecule has 0 bridgehead atoms. The van der Waals surface area contributed by atoms with Gasteiger partial charge in [0.25, 0.3) is 5.91 Å². The van der Waals surface area contributed by atoms with E-state index in [2.05, 4.69) is 22.1 Å². The van der Waals surface area contributed by atoms with Gasteiger partial charge in [-0.15, -0.1) is 0 Å². The van der Waals surface area contributed by atoms with E-state index in [0.29, 0.717) is 11.7 Å². The SMILES string of the molecule is Cc1cnc(CNC(=O)c2ccc(C#CCN)c(F)c2)o1. The van der Waals surface area contributed by atoms with Crippen LogP contribution in [-0.2, 0) is 6.54 Å². The zero-order chi connectivity index (χ0) is 15.2. The van der Waals surface area contributed by atoms with Crippen molar-refractivity contribution in [2.75, 3.05) is 6.54 Å². The van der Waals surface area contributed by atoms with Crippen molar-refractivity contribution in [2.45, 2.75) is 13.5 Å². The molecule has 0 aliphatic carbocycles. The van der Waals surface area contributed by atoms with E-state index in [1.807, 2.05) is 0 Å². The average Bonchev–Trinajstić information content (AvgIpc) is 2.89. The number of halogens is 1. The number of benzene rings is 1. The third-order valence-corrected chi connectivity index (χ3v) is 2.63. The third-order valence-electron chi connectivity index (χ3n) is 2.63. The normalized spacial score (nSPS) is 9.86. The topological polar surface area (TPSA) is 81.2 Å². The highest BCUT2D eigenvalue weighted by atomic mass is 19.1. The summed E-state index contributed by atoms with van der Waals surface area (Å²) in [5.74, 6) is 5.23. The third kappa shape index (κ3) is 3.91. The van der Waals surface area contributed by atoms with Gasteiger partial charge in [-0.2, -0.15) is 0 Å². The number of hydrogen-bond acceptors (Lipinski definition) is 4. The van der Waals surface area contributed by atoms with Gasteiger partial charge in [-0.05, 0) is 25.1 Å². The summed E-state index contributed by atoms with van der Waals surface area (Å²) in [6, 6.07) is 4.08. The van der Waals surface area contributed by atoms with Crippen molar-refractivity contribution in [1.29, 1.82) is 0 Å². The number of carbonyl (C=O) groups is 1. The molecule has 0 saturated heterocycles. The highest BCUT2D eigenvalue weighted by Crippen LogP contribution is 2.10. The molecule has 1 heterocycles. The van der Waals surface area contributed by atoms with Crippen molar-refractivity contribution < 1.29 is 13.6 Å². The molecule has 0 saturated carbocycles. The summed E-state index contributed by atoms with van der Waals surface area (Å²) in [6.07, 6.45) is 1.56. The zero-order valence-corrected chi connectivity index (χ0v) is 11.4. The Labute approximate surface area is 121 Å². The van der Waals surface area contributed by atoms with Gasteiger partial charge in [-0.25, -0.2) is 9.37 Å². The molecule has 0 aliphatic rings. The monoisotopic (exact) mass is 287 g/mol. The molecule has 0 fully saturated rings. The molecule has 1 aromatic carbocycles.